The fourth-order valence-corrected chi connectivity index (χ4v) is 2.92. The van der Waals surface area contributed by atoms with Gasteiger partial charge in [0.05, 0.1) is 0 Å². The van der Waals surface area contributed by atoms with Crippen LogP contribution in [0.1, 0.15) is 31.7 Å². The number of piperidine rings is 1. The molecule has 1 aliphatic heterocycles. The number of nitrogens with zero attached hydrogens (tertiary/aromatic N) is 2. The molecule has 1 aromatic rings. The van der Waals surface area contributed by atoms with Crippen molar-refractivity contribution >= 4 is 16.5 Å². The summed E-state index contributed by atoms with van der Waals surface area (Å²) in [6.45, 7) is 6.60. The summed E-state index contributed by atoms with van der Waals surface area (Å²) in [6, 6.07) is 0.522. The molecule has 1 unspecified atom stereocenters. The maximum absolute atomic E-state index is 4.21. The van der Waals surface area contributed by atoms with Gasteiger partial charge in [-0.1, -0.05) is 25.2 Å². The van der Waals surface area contributed by atoms with E-state index in [0.29, 0.717) is 12.0 Å². The lowest BCUT2D eigenvalue weighted by Crippen LogP contribution is -2.38. The van der Waals surface area contributed by atoms with Gasteiger partial charge in [0.25, 0.3) is 0 Å². The van der Waals surface area contributed by atoms with Crippen molar-refractivity contribution in [3.05, 3.63) is 5.01 Å². The number of nitrogens with one attached hydrogen (secondary N) is 2. The summed E-state index contributed by atoms with van der Waals surface area (Å²) >= 11 is 1.69. The number of anilines is 1. The minimum absolute atomic E-state index is 0.522. The lowest BCUT2D eigenvalue weighted by molar-refractivity contribution is 0.479. The van der Waals surface area contributed by atoms with E-state index in [1.165, 1.54) is 12.8 Å². The summed E-state index contributed by atoms with van der Waals surface area (Å²) < 4.78 is 0. The van der Waals surface area contributed by atoms with Gasteiger partial charge in [-0.3, -0.25) is 0 Å². The highest BCUT2D eigenvalue weighted by molar-refractivity contribution is 7.15. The molecule has 0 aromatic carbocycles. The molecule has 0 aliphatic carbocycles. The average molecular weight is 240 g/mol. The Labute approximate surface area is 101 Å². The number of aromatic nitrogens is 2. The fraction of sp³-hybridized carbons (Fsp3) is 0.818. The zero-order valence-electron chi connectivity index (χ0n) is 9.99. The predicted molar refractivity (Wildman–Crippen MR) is 68.0 cm³/mol. The molecule has 2 rings (SSSR count). The highest BCUT2D eigenvalue weighted by Crippen LogP contribution is 2.20. The molecule has 5 heteroatoms. The highest BCUT2D eigenvalue weighted by Gasteiger charge is 2.14. The molecule has 0 bridgehead atoms. The molecule has 0 spiro atoms. The molecule has 2 N–H and O–H groups in total. The smallest absolute Gasteiger partial charge is 0.205 e. The van der Waals surface area contributed by atoms with Crippen LogP contribution in [0.25, 0.3) is 0 Å². The average Bonchev–Trinajstić information content (AvgIpc) is 2.66. The van der Waals surface area contributed by atoms with Crippen LogP contribution in [0, 0.1) is 5.92 Å². The molecule has 0 saturated carbocycles. The molecular weight excluding hydrogens is 220 g/mol. The molecule has 1 saturated heterocycles. The van der Waals surface area contributed by atoms with Crippen molar-refractivity contribution in [1.82, 2.24) is 15.5 Å². The molecule has 1 aliphatic rings. The Hall–Kier alpha value is -0.680. The summed E-state index contributed by atoms with van der Waals surface area (Å²) in [5.74, 6) is 0.650. The second-order valence-electron chi connectivity index (χ2n) is 4.79. The second-order valence-corrected chi connectivity index (χ2v) is 5.85. The van der Waals surface area contributed by atoms with E-state index in [9.17, 15) is 0 Å². The number of rotatable bonds is 4. The van der Waals surface area contributed by atoms with Crippen LogP contribution in [0.2, 0.25) is 0 Å². The van der Waals surface area contributed by atoms with Crippen molar-refractivity contribution < 1.29 is 0 Å². The zero-order valence-corrected chi connectivity index (χ0v) is 10.8. The minimum Gasteiger partial charge on any atom is -0.356 e. The summed E-state index contributed by atoms with van der Waals surface area (Å²) in [7, 11) is 0. The Bertz CT molecular complexity index is 318. The molecule has 0 radical (unpaired) electrons. The quantitative estimate of drug-likeness (QED) is 0.844. The first-order valence-electron chi connectivity index (χ1n) is 6.03. The lowest BCUT2D eigenvalue weighted by Gasteiger charge is -2.23. The van der Waals surface area contributed by atoms with Crippen LogP contribution in [0.4, 0.5) is 5.13 Å². The monoisotopic (exact) mass is 240 g/mol. The Morgan fingerprint density at radius 1 is 1.50 bits per heavy atom. The Morgan fingerprint density at radius 3 is 3.06 bits per heavy atom. The largest absolute Gasteiger partial charge is 0.356 e. The van der Waals surface area contributed by atoms with Crippen molar-refractivity contribution in [3.63, 3.8) is 0 Å². The summed E-state index contributed by atoms with van der Waals surface area (Å²) in [4.78, 5) is 0. The first-order chi connectivity index (χ1) is 7.74. The maximum atomic E-state index is 4.21. The SMILES string of the molecule is CC(C)Cc1nnc(NC2CCCNC2)s1. The van der Waals surface area contributed by atoms with Gasteiger partial charge in [-0.2, -0.15) is 0 Å². The van der Waals surface area contributed by atoms with Gasteiger partial charge >= 0.3 is 0 Å². The molecule has 1 aromatic heterocycles. The zero-order chi connectivity index (χ0) is 11.4. The summed E-state index contributed by atoms with van der Waals surface area (Å²) in [5, 5.41) is 17.4. The summed E-state index contributed by atoms with van der Waals surface area (Å²) in [5.41, 5.74) is 0. The van der Waals surface area contributed by atoms with E-state index in [4.69, 9.17) is 0 Å². The van der Waals surface area contributed by atoms with Crippen molar-refractivity contribution in [1.29, 1.82) is 0 Å². The third kappa shape index (κ3) is 3.42. The molecule has 1 atom stereocenters. The second kappa shape index (κ2) is 5.59. The normalized spacial score (nSPS) is 21.3. The van der Waals surface area contributed by atoms with Crippen LogP contribution in [-0.2, 0) is 6.42 Å². The Kier molecular flexibility index (Phi) is 4.12. The van der Waals surface area contributed by atoms with Gasteiger partial charge < -0.3 is 10.6 Å². The van der Waals surface area contributed by atoms with E-state index in [-0.39, 0.29) is 0 Å². The minimum atomic E-state index is 0.522. The maximum Gasteiger partial charge on any atom is 0.205 e. The van der Waals surface area contributed by atoms with Crippen LogP contribution < -0.4 is 10.6 Å². The van der Waals surface area contributed by atoms with Gasteiger partial charge in [0.1, 0.15) is 5.01 Å². The first-order valence-corrected chi connectivity index (χ1v) is 6.85. The van der Waals surface area contributed by atoms with E-state index in [0.717, 1.165) is 29.6 Å². The molecule has 4 nitrogen and oxygen atoms in total. The first kappa shape index (κ1) is 11.8. The van der Waals surface area contributed by atoms with Gasteiger partial charge in [0, 0.05) is 19.0 Å². The van der Waals surface area contributed by atoms with Gasteiger partial charge in [0.15, 0.2) is 0 Å². The fourth-order valence-electron chi connectivity index (χ4n) is 1.89. The van der Waals surface area contributed by atoms with Gasteiger partial charge in [0.2, 0.25) is 5.13 Å². The summed E-state index contributed by atoms with van der Waals surface area (Å²) in [6.07, 6.45) is 3.50. The number of hydrogen-bond acceptors (Lipinski definition) is 5. The van der Waals surface area contributed by atoms with Crippen molar-refractivity contribution in [2.45, 2.75) is 39.2 Å². The van der Waals surface area contributed by atoms with E-state index in [2.05, 4.69) is 34.7 Å². The predicted octanol–water partition coefficient (Wildman–Crippen LogP) is 1.90. The topological polar surface area (TPSA) is 49.8 Å². The van der Waals surface area contributed by atoms with Crippen molar-refractivity contribution in [3.8, 4) is 0 Å². The number of hydrogen-bond donors (Lipinski definition) is 2. The third-order valence-electron chi connectivity index (χ3n) is 2.67. The highest BCUT2D eigenvalue weighted by atomic mass is 32.1. The standard InChI is InChI=1S/C11H20N4S/c1-8(2)6-10-14-15-11(16-10)13-9-4-3-5-12-7-9/h8-9,12H,3-7H2,1-2H3,(H,13,15). The molecule has 1 fully saturated rings. The molecule has 0 amide bonds. The van der Waals surface area contributed by atoms with Crippen LogP contribution in [0.3, 0.4) is 0 Å². The van der Waals surface area contributed by atoms with Crippen LogP contribution >= 0.6 is 11.3 Å². The third-order valence-corrected chi connectivity index (χ3v) is 3.55. The van der Waals surface area contributed by atoms with Crippen molar-refractivity contribution in [2.75, 3.05) is 18.4 Å². The van der Waals surface area contributed by atoms with Crippen LogP contribution in [0.5, 0.6) is 0 Å². The van der Waals surface area contributed by atoms with Gasteiger partial charge in [-0.15, -0.1) is 10.2 Å². The molecule has 90 valence electrons. The van der Waals surface area contributed by atoms with E-state index in [1.54, 1.807) is 11.3 Å². The Balaban J connectivity index is 1.86. The lowest BCUT2D eigenvalue weighted by atomic mass is 10.1. The van der Waals surface area contributed by atoms with Gasteiger partial charge in [-0.25, -0.2) is 0 Å². The van der Waals surface area contributed by atoms with Crippen LogP contribution in [-0.4, -0.2) is 29.3 Å². The van der Waals surface area contributed by atoms with Crippen molar-refractivity contribution in [2.24, 2.45) is 5.92 Å². The Morgan fingerprint density at radius 2 is 2.38 bits per heavy atom. The molecule has 16 heavy (non-hydrogen) atoms. The van der Waals surface area contributed by atoms with E-state index < -0.39 is 0 Å². The molecule has 2 heterocycles. The molecular formula is C11H20N4S. The van der Waals surface area contributed by atoms with E-state index in [1.807, 2.05) is 0 Å². The van der Waals surface area contributed by atoms with E-state index >= 15 is 0 Å². The van der Waals surface area contributed by atoms with Crippen LogP contribution in [0.15, 0.2) is 0 Å². The van der Waals surface area contributed by atoms with Gasteiger partial charge in [-0.05, 0) is 25.3 Å².